The summed E-state index contributed by atoms with van der Waals surface area (Å²) in [5, 5.41) is 37.0. The number of anilines is 1. The average molecular weight is 1200 g/mol. The Hall–Kier alpha value is -8.30. The molecule has 2 aromatic heterocycles. The van der Waals surface area contributed by atoms with Crippen LogP contribution in [0.2, 0.25) is 0 Å². The molecule has 4 aliphatic heterocycles. The normalized spacial score (nSPS) is 21.9. The second-order valence-corrected chi connectivity index (χ2v) is 26.2. The van der Waals surface area contributed by atoms with Gasteiger partial charge < -0.3 is 60.6 Å². The number of benzene rings is 6. The first-order chi connectivity index (χ1) is 43.3. The number of fused-ring (bicyclic) bond motifs is 11. The van der Waals surface area contributed by atoms with E-state index in [4.69, 9.17) is 35.1 Å². The van der Waals surface area contributed by atoms with Crippen LogP contribution in [0.25, 0.3) is 39.5 Å². The highest BCUT2D eigenvalue weighted by Crippen LogP contribution is 2.54. The van der Waals surface area contributed by atoms with Gasteiger partial charge in [0.1, 0.15) is 28.3 Å². The zero-order chi connectivity index (χ0) is 61.4. The minimum absolute atomic E-state index is 0.00496. The fourth-order valence-electron chi connectivity index (χ4n) is 15.6. The number of hydrogen-bond acceptors (Lipinski definition) is 11. The highest BCUT2D eigenvalue weighted by molar-refractivity contribution is 5.93. The number of piperazine rings is 1. The maximum absolute atomic E-state index is 14.9. The largest absolute Gasteiger partial charge is 0.508 e. The monoisotopic (exact) mass is 1200 g/mol. The number of H-pyrrole nitrogens is 1. The van der Waals surface area contributed by atoms with Gasteiger partial charge in [-0.1, -0.05) is 124 Å². The van der Waals surface area contributed by atoms with E-state index in [-0.39, 0.29) is 94.4 Å². The number of aromatic hydroxyl groups is 1. The molecule has 0 unspecified atom stereocenters. The number of rotatable bonds is 11. The summed E-state index contributed by atoms with van der Waals surface area (Å²) in [6.45, 7) is 7.07. The van der Waals surface area contributed by atoms with E-state index in [0.717, 1.165) is 85.4 Å². The molecule has 6 atom stereocenters. The van der Waals surface area contributed by atoms with Crippen molar-refractivity contribution < 1.29 is 33.9 Å². The Labute approximate surface area is 521 Å². The molecule has 10 bridgehead atoms. The number of ether oxygens (including phenoxy) is 3. The molecule has 6 aromatic carbocycles. The number of aliphatic hydroxyl groups excluding tert-OH is 2. The van der Waals surface area contributed by atoms with E-state index >= 15 is 0 Å². The lowest BCUT2D eigenvalue weighted by Crippen LogP contribution is -2.60. The molecule has 89 heavy (non-hydrogen) atoms. The first-order valence-corrected chi connectivity index (χ1v) is 32.2. The van der Waals surface area contributed by atoms with Gasteiger partial charge in [-0.25, -0.2) is 4.99 Å². The van der Waals surface area contributed by atoms with Crippen LogP contribution in [0, 0.1) is 11.8 Å². The zero-order valence-electron chi connectivity index (χ0n) is 51.5. The lowest BCUT2D eigenvalue weighted by molar-refractivity contribution is 0.157. The topological polar surface area (TPSA) is 214 Å². The van der Waals surface area contributed by atoms with Crippen LogP contribution in [0.15, 0.2) is 148 Å². The van der Waals surface area contributed by atoms with Gasteiger partial charge in [-0.3, -0.25) is 4.79 Å². The van der Waals surface area contributed by atoms with Gasteiger partial charge in [0.05, 0.1) is 38.2 Å². The second-order valence-electron chi connectivity index (χ2n) is 26.2. The van der Waals surface area contributed by atoms with Gasteiger partial charge in [-0.05, 0) is 156 Å². The molecule has 0 radical (unpaired) electrons. The highest BCUT2D eigenvalue weighted by Gasteiger charge is 2.50. The standard InChI is InChI=1S/C75H84N6O8/c1-46-34-49-16-25-61(74(2)28-7-8-29-74)55(36-49)37-50-26-30-75(42-50)56-20-17-54(63(39-56)80-73(76)77)38-51(44-82)45-88-69-59(24-15-48-12-9-13-53(35-48)60-40-62(46)79-72(60)81-32-31-78-43-66(75)81)68-67(64(85)41-65(89-68)52-18-22-57(83)23-19-52)70(71(69)86-3)87-33-27-58(84)21-14-47-10-5-4-6-11-47/h4-6,9-14,16-23,25,35-36,39-41,46,50-51,58,66,78-79,82-84H,7-8,15,24,26-34,37-38,42-45H2,1-3H3,(H4,76,77,80)/b21-14+/t46-,50+,51+,58+,66+,75-/m1/s1. The lowest BCUT2D eigenvalue weighted by Gasteiger charge is -2.49. The maximum atomic E-state index is 14.9. The molecule has 14 nitrogen and oxygen atoms in total. The van der Waals surface area contributed by atoms with E-state index in [2.05, 4.69) is 95.8 Å². The number of methoxy groups -OCH3 is 1. The minimum Gasteiger partial charge on any atom is -0.508 e. The summed E-state index contributed by atoms with van der Waals surface area (Å²) >= 11 is 0. The third-order valence-corrected chi connectivity index (χ3v) is 20.2. The third-order valence-electron chi connectivity index (χ3n) is 20.2. The Morgan fingerprint density at radius 3 is 2.51 bits per heavy atom. The fraction of sp³-hybridized carbons (Fsp3) is 0.387. The van der Waals surface area contributed by atoms with Gasteiger partial charge in [0.15, 0.2) is 22.9 Å². The van der Waals surface area contributed by atoms with Crippen LogP contribution in [-0.2, 0) is 42.9 Å². The Kier molecular flexibility index (Phi) is 17.0. The van der Waals surface area contributed by atoms with E-state index in [9.17, 15) is 20.1 Å². The number of phenolic OH excluding ortho intramolecular Hbond substituents is 1. The van der Waals surface area contributed by atoms with Crippen molar-refractivity contribution in [2.75, 3.05) is 51.5 Å². The Morgan fingerprint density at radius 2 is 1.71 bits per heavy atom. The molecule has 14 heteroatoms. The number of guanidine groups is 1. The van der Waals surface area contributed by atoms with Crippen LogP contribution >= 0.6 is 0 Å². The highest BCUT2D eigenvalue weighted by atomic mass is 16.5. The van der Waals surface area contributed by atoms with E-state index in [0.29, 0.717) is 47.7 Å². The molecule has 14 rings (SSSR count). The molecule has 9 N–H and O–H groups in total. The van der Waals surface area contributed by atoms with Gasteiger partial charge >= 0.3 is 0 Å². The number of nitrogens with zero attached hydrogens (tertiary/aromatic N) is 2. The number of aliphatic hydroxyl groups is 2. The van der Waals surface area contributed by atoms with Crippen molar-refractivity contribution in [3.05, 3.63) is 194 Å². The number of phenols is 1. The van der Waals surface area contributed by atoms with E-state index in [1.54, 1.807) is 35.9 Å². The molecule has 1 saturated heterocycles. The molecule has 2 aliphatic carbocycles. The number of aryl methyl sites for hydroxylation is 2. The zero-order valence-corrected chi connectivity index (χ0v) is 51.5. The van der Waals surface area contributed by atoms with Gasteiger partial charge in [-0.15, -0.1) is 0 Å². The molecule has 462 valence electrons. The molecular formula is C75H84N6O8. The second kappa shape index (κ2) is 25.3. The van der Waals surface area contributed by atoms with Crippen molar-refractivity contribution >= 4 is 34.5 Å². The van der Waals surface area contributed by atoms with Crippen LogP contribution in [0.1, 0.15) is 121 Å². The molecule has 1 spiro atoms. The van der Waals surface area contributed by atoms with Crippen molar-refractivity contribution in [1.29, 1.82) is 0 Å². The number of nitrogens with one attached hydrogen (secondary N) is 2. The summed E-state index contributed by atoms with van der Waals surface area (Å²) in [5.41, 5.74) is 26.2. The molecule has 3 fully saturated rings. The summed E-state index contributed by atoms with van der Waals surface area (Å²) < 4.78 is 27.0. The van der Waals surface area contributed by atoms with E-state index < -0.39 is 12.0 Å². The first-order valence-electron chi connectivity index (χ1n) is 32.2. The molecule has 8 aromatic rings. The number of hydrogen-bond donors (Lipinski definition) is 7. The summed E-state index contributed by atoms with van der Waals surface area (Å²) in [7, 11) is 1.52. The van der Waals surface area contributed by atoms with Crippen molar-refractivity contribution in [2.45, 2.75) is 126 Å². The minimum atomic E-state index is -0.870. The van der Waals surface area contributed by atoms with Crippen LogP contribution in [0.3, 0.4) is 0 Å². The average Bonchev–Trinajstić information content (AvgIpc) is 1.76. The lowest BCUT2D eigenvalue weighted by atomic mass is 9.69. The number of nitrogens with two attached hydrogens (primary N) is 2. The van der Waals surface area contributed by atoms with Crippen molar-refractivity contribution in [2.24, 2.45) is 28.3 Å². The number of aliphatic imine (C=N–C) groups is 1. The van der Waals surface area contributed by atoms with Crippen LogP contribution in [0.4, 0.5) is 11.5 Å². The smallest absolute Gasteiger partial charge is 0.204 e. The summed E-state index contributed by atoms with van der Waals surface area (Å²) in [6.07, 6.45) is 14.1. The summed E-state index contributed by atoms with van der Waals surface area (Å²) in [4.78, 5) is 26.7. The Bertz CT molecular complexity index is 3990. The predicted octanol–water partition coefficient (Wildman–Crippen LogP) is 12.5. The van der Waals surface area contributed by atoms with Gasteiger partial charge in [0, 0.05) is 78.4 Å². The predicted molar refractivity (Wildman–Crippen MR) is 354 cm³/mol. The SMILES string of the molecule is COc1c2c(c3oc(-c4ccc(O)cc4)cc(=O)c3c1OCC[C@@H](O)/C=C/c1ccccc1)CCc1cccc(c1)-c1cc3[nH]c1N1CCNC[C@H]1[C@@]1(CC[C@@H](Cc4cc(ccc4C4(C)CCCC4)C[C@H]3C)C1)c1ccc(c(N=C(N)N)c1)C[C@@H](CO)CO2. The van der Waals surface area contributed by atoms with Crippen LogP contribution in [0.5, 0.6) is 23.0 Å². The summed E-state index contributed by atoms with van der Waals surface area (Å²) in [5.74, 6) is 2.16. The third kappa shape index (κ3) is 12.1. The number of aromatic nitrogens is 1. The van der Waals surface area contributed by atoms with E-state index in [1.165, 1.54) is 61.2 Å². The van der Waals surface area contributed by atoms with Crippen molar-refractivity contribution in [3.8, 4) is 45.4 Å². The van der Waals surface area contributed by atoms with Crippen LogP contribution in [-0.4, -0.2) is 85.0 Å². The fourth-order valence-corrected chi connectivity index (χ4v) is 15.6. The van der Waals surface area contributed by atoms with Gasteiger partial charge in [0.2, 0.25) is 5.75 Å². The molecule has 6 aliphatic rings. The van der Waals surface area contributed by atoms with Gasteiger partial charge in [0.25, 0.3) is 0 Å². The maximum Gasteiger partial charge on any atom is 0.204 e. The Balaban J connectivity index is 0.983. The van der Waals surface area contributed by atoms with Crippen molar-refractivity contribution in [3.63, 3.8) is 0 Å². The van der Waals surface area contributed by atoms with Crippen LogP contribution < -0.4 is 41.3 Å². The number of aromatic amines is 1. The summed E-state index contributed by atoms with van der Waals surface area (Å²) in [6, 6.07) is 43.2. The molecule has 0 amide bonds. The van der Waals surface area contributed by atoms with E-state index in [1.807, 2.05) is 36.4 Å². The molecule has 2 saturated carbocycles. The van der Waals surface area contributed by atoms with Crippen molar-refractivity contribution in [1.82, 2.24) is 10.3 Å². The molecule has 6 heterocycles. The molecular weight excluding hydrogens is 1110 g/mol. The van der Waals surface area contributed by atoms with Gasteiger partial charge in [-0.2, -0.15) is 0 Å². The Morgan fingerprint density at radius 1 is 0.876 bits per heavy atom. The first kappa shape index (κ1) is 59.7. The quantitative estimate of drug-likeness (QED) is 0.0476.